The second-order valence-electron chi connectivity index (χ2n) is 10.5. The van der Waals surface area contributed by atoms with Crippen molar-refractivity contribution < 1.29 is 0 Å². The topological polar surface area (TPSA) is 24.7 Å². The summed E-state index contributed by atoms with van der Waals surface area (Å²) in [6, 6.07) is 11.1. The van der Waals surface area contributed by atoms with Crippen molar-refractivity contribution in [1.29, 1.82) is 0 Å². The number of aliphatic imine (C=N–C) groups is 2. The second kappa shape index (κ2) is 19.7. The van der Waals surface area contributed by atoms with Crippen molar-refractivity contribution in [2.75, 3.05) is 0 Å². The highest BCUT2D eigenvalue weighted by atomic mass is 15.0. The SMILES string of the molecule is CCCCCCCCCCCCCC([C+]1N=CC=N1)C(CCCCCCC)Cc1ccccc1. The maximum atomic E-state index is 4.70. The van der Waals surface area contributed by atoms with Crippen LogP contribution in [-0.4, -0.2) is 12.4 Å². The largest absolute Gasteiger partial charge is 0.244 e. The molecule has 1 aliphatic rings. The first-order valence-electron chi connectivity index (χ1n) is 14.8. The van der Waals surface area contributed by atoms with Gasteiger partial charge in [0.1, 0.15) is 0 Å². The molecule has 2 heteroatoms. The van der Waals surface area contributed by atoms with E-state index in [0.717, 1.165) is 12.6 Å². The third-order valence-corrected chi connectivity index (χ3v) is 7.52. The summed E-state index contributed by atoms with van der Waals surface area (Å²) in [6.07, 6.45) is 30.8. The van der Waals surface area contributed by atoms with E-state index in [2.05, 4.69) is 44.2 Å². The van der Waals surface area contributed by atoms with Crippen molar-refractivity contribution in [2.45, 2.75) is 136 Å². The minimum Gasteiger partial charge on any atom is -0.0965 e. The Kier molecular flexibility index (Phi) is 16.6. The predicted molar refractivity (Wildman–Crippen MR) is 152 cm³/mol. The maximum Gasteiger partial charge on any atom is 0.244 e. The van der Waals surface area contributed by atoms with Gasteiger partial charge in [0.05, 0.1) is 5.92 Å². The molecule has 1 heterocycles. The smallest absolute Gasteiger partial charge is 0.0965 e. The highest BCUT2D eigenvalue weighted by molar-refractivity contribution is 6.18. The Balaban J connectivity index is 1.79. The van der Waals surface area contributed by atoms with E-state index in [-0.39, 0.29) is 0 Å². The summed E-state index contributed by atoms with van der Waals surface area (Å²) >= 11 is 0. The standard InChI is InChI=1S/C32H53N2/c1-3-5-7-9-10-11-12-13-14-16-21-25-31(32-33-26-27-34-32)30(24-20-15-8-6-4-2)28-29-22-18-17-19-23-29/h17-19,22-23,26-27,30-31H,3-16,20-21,24-25,28H2,1-2H3/q+1. The van der Waals surface area contributed by atoms with Crippen LogP contribution in [0.4, 0.5) is 0 Å². The molecule has 0 aromatic heterocycles. The molecule has 2 nitrogen and oxygen atoms in total. The molecule has 1 aliphatic heterocycles. The summed E-state index contributed by atoms with van der Waals surface area (Å²) in [5.74, 6) is 1.15. The van der Waals surface area contributed by atoms with E-state index in [1.807, 2.05) is 12.4 Å². The van der Waals surface area contributed by atoms with Crippen molar-refractivity contribution in [2.24, 2.45) is 21.8 Å². The summed E-state index contributed by atoms with van der Waals surface area (Å²) in [4.78, 5) is 9.39. The van der Waals surface area contributed by atoms with Crippen LogP contribution in [0, 0.1) is 18.0 Å². The first kappa shape index (κ1) is 28.7. The Morgan fingerprint density at radius 3 is 1.59 bits per heavy atom. The van der Waals surface area contributed by atoms with E-state index in [1.54, 1.807) is 0 Å². The lowest BCUT2D eigenvalue weighted by Gasteiger charge is -2.26. The van der Waals surface area contributed by atoms with Gasteiger partial charge in [-0.3, -0.25) is 0 Å². The van der Waals surface area contributed by atoms with E-state index < -0.39 is 0 Å². The summed E-state index contributed by atoms with van der Waals surface area (Å²) < 4.78 is 0. The highest BCUT2D eigenvalue weighted by Gasteiger charge is 2.35. The molecule has 190 valence electrons. The lowest BCUT2D eigenvalue weighted by Crippen LogP contribution is -2.22. The van der Waals surface area contributed by atoms with Crippen molar-refractivity contribution in [3.05, 3.63) is 42.1 Å². The molecule has 0 amide bonds. The highest BCUT2D eigenvalue weighted by Crippen LogP contribution is 2.37. The average molecular weight is 466 g/mol. The third kappa shape index (κ3) is 12.8. The molecular formula is C32H53N2+. The Labute approximate surface area is 212 Å². The molecule has 34 heavy (non-hydrogen) atoms. The molecule has 0 saturated heterocycles. The van der Waals surface area contributed by atoms with Crippen LogP contribution in [0.3, 0.4) is 0 Å². The number of rotatable bonds is 22. The van der Waals surface area contributed by atoms with Crippen LogP contribution in [0.1, 0.15) is 135 Å². The van der Waals surface area contributed by atoms with E-state index in [9.17, 15) is 0 Å². The van der Waals surface area contributed by atoms with E-state index >= 15 is 0 Å². The van der Waals surface area contributed by atoms with Crippen molar-refractivity contribution >= 4 is 12.4 Å². The second-order valence-corrected chi connectivity index (χ2v) is 10.5. The van der Waals surface area contributed by atoms with Gasteiger partial charge in [-0.05, 0) is 30.7 Å². The first-order valence-corrected chi connectivity index (χ1v) is 14.8. The van der Waals surface area contributed by atoms with Gasteiger partial charge >= 0.3 is 0 Å². The zero-order chi connectivity index (χ0) is 24.1. The van der Waals surface area contributed by atoms with Gasteiger partial charge in [-0.15, -0.1) is 0 Å². The van der Waals surface area contributed by atoms with Gasteiger partial charge < -0.3 is 0 Å². The fourth-order valence-corrected chi connectivity index (χ4v) is 5.42. The van der Waals surface area contributed by atoms with Crippen molar-refractivity contribution in [1.82, 2.24) is 0 Å². The van der Waals surface area contributed by atoms with E-state index in [1.165, 1.54) is 121 Å². The van der Waals surface area contributed by atoms with Crippen LogP contribution >= 0.6 is 0 Å². The summed E-state index contributed by atoms with van der Waals surface area (Å²) in [7, 11) is 0. The molecule has 1 aromatic rings. The molecule has 0 fully saturated rings. The number of nitrogens with zero attached hydrogens (tertiary/aromatic N) is 2. The molecule has 0 saturated carbocycles. The van der Waals surface area contributed by atoms with Gasteiger partial charge in [0.25, 0.3) is 0 Å². The van der Waals surface area contributed by atoms with Gasteiger partial charge in [-0.25, -0.2) is 0 Å². The number of unbranched alkanes of at least 4 members (excludes halogenated alkanes) is 14. The molecule has 0 radical (unpaired) electrons. The lowest BCUT2D eigenvalue weighted by molar-refractivity contribution is 0.284. The molecular weight excluding hydrogens is 412 g/mol. The Bertz CT molecular complexity index is 624. The monoisotopic (exact) mass is 465 g/mol. The molecule has 0 bridgehead atoms. The molecule has 2 unspecified atom stereocenters. The van der Waals surface area contributed by atoms with Gasteiger partial charge in [0.2, 0.25) is 6.17 Å². The third-order valence-electron chi connectivity index (χ3n) is 7.52. The van der Waals surface area contributed by atoms with Crippen LogP contribution in [0.15, 0.2) is 40.3 Å². The molecule has 2 atom stereocenters. The summed E-state index contributed by atoms with van der Waals surface area (Å²) in [6.45, 7) is 4.60. The zero-order valence-corrected chi connectivity index (χ0v) is 22.5. The Hall–Kier alpha value is -1.57. The molecule has 0 spiro atoms. The van der Waals surface area contributed by atoms with E-state index in [0.29, 0.717) is 11.8 Å². The van der Waals surface area contributed by atoms with Crippen molar-refractivity contribution in [3.8, 4) is 0 Å². The van der Waals surface area contributed by atoms with Gasteiger partial charge in [-0.1, -0.05) is 157 Å². The zero-order valence-electron chi connectivity index (χ0n) is 22.5. The minimum atomic E-state index is 0.500. The van der Waals surface area contributed by atoms with Crippen LogP contribution < -0.4 is 0 Å². The first-order chi connectivity index (χ1) is 16.8. The van der Waals surface area contributed by atoms with Gasteiger partial charge in [-0.2, -0.15) is 0 Å². The van der Waals surface area contributed by atoms with Crippen LogP contribution in [0.25, 0.3) is 0 Å². The average Bonchev–Trinajstić information content (AvgIpc) is 3.39. The molecule has 0 aliphatic carbocycles. The fourth-order valence-electron chi connectivity index (χ4n) is 5.42. The van der Waals surface area contributed by atoms with Crippen molar-refractivity contribution in [3.63, 3.8) is 0 Å². The number of hydrogen-bond acceptors (Lipinski definition) is 2. The minimum absolute atomic E-state index is 0.500. The fraction of sp³-hybridized carbons (Fsp3) is 0.719. The molecule has 1 aromatic carbocycles. The van der Waals surface area contributed by atoms with E-state index in [4.69, 9.17) is 9.98 Å². The predicted octanol–water partition coefficient (Wildman–Crippen LogP) is 10.2. The number of benzene rings is 1. The lowest BCUT2D eigenvalue weighted by atomic mass is 9.78. The number of hydrogen-bond donors (Lipinski definition) is 0. The quantitative estimate of drug-likeness (QED) is 0.120. The summed E-state index contributed by atoms with van der Waals surface area (Å²) in [5.41, 5.74) is 1.47. The maximum absolute atomic E-state index is 4.70. The Morgan fingerprint density at radius 1 is 0.588 bits per heavy atom. The molecule has 2 rings (SSSR count). The van der Waals surface area contributed by atoms with Gasteiger partial charge in [0, 0.05) is 0 Å². The Morgan fingerprint density at radius 2 is 1.06 bits per heavy atom. The normalized spacial score (nSPS) is 14.7. The van der Waals surface area contributed by atoms with Crippen LogP contribution in [-0.2, 0) is 6.42 Å². The van der Waals surface area contributed by atoms with Crippen LogP contribution in [0.2, 0.25) is 0 Å². The van der Waals surface area contributed by atoms with Crippen LogP contribution in [0.5, 0.6) is 0 Å². The molecule has 0 N–H and O–H groups in total. The van der Waals surface area contributed by atoms with Gasteiger partial charge in [0.15, 0.2) is 12.4 Å². The summed E-state index contributed by atoms with van der Waals surface area (Å²) in [5, 5.41) is 0.